The molecule has 1 aliphatic heterocycles. The van der Waals surface area contributed by atoms with Crippen LogP contribution in [0.25, 0.3) is 0 Å². The van der Waals surface area contributed by atoms with E-state index in [4.69, 9.17) is 11.6 Å². The van der Waals surface area contributed by atoms with Crippen molar-refractivity contribution in [1.82, 2.24) is 4.90 Å². The first-order valence-electron chi connectivity index (χ1n) is 9.45. The Morgan fingerprint density at radius 1 is 1.00 bits per heavy atom. The number of nitrogens with zero attached hydrogens (tertiary/aromatic N) is 2. The van der Waals surface area contributed by atoms with Crippen molar-refractivity contribution < 1.29 is 4.79 Å². The van der Waals surface area contributed by atoms with Crippen LogP contribution in [0.4, 0.5) is 17.1 Å². The van der Waals surface area contributed by atoms with Crippen LogP contribution in [0.2, 0.25) is 5.02 Å². The number of hydrogen-bond donors (Lipinski definition) is 2. The summed E-state index contributed by atoms with van der Waals surface area (Å²) < 4.78 is 0. The molecule has 1 amide bonds. The summed E-state index contributed by atoms with van der Waals surface area (Å²) in [7, 11) is 0. The number of rotatable bonds is 6. The number of amides is 1. The Hall–Kier alpha value is -2.24. The van der Waals surface area contributed by atoms with Crippen LogP contribution < -0.4 is 15.5 Å². The zero-order valence-corrected chi connectivity index (χ0v) is 16.7. The largest absolute Gasteiger partial charge is 0.374 e. The van der Waals surface area contributed by atoms with Gasteiger partial charge in [0.2, 0.25) is 5.91 Å². The van der Waals surface area contributed by atoms with Crippen molar-refractivity contribution in [2.24, 2.45) is 0 Å². The minimum absolute atomic E-state index is 0.0860. The van der Waals surface area contributed by atoms with Gasteiger partial charge in [0.1, 0.15) is 6.04 Å². The monoisotopic (exact) mass is 386 g/mol. The number of nitrogens with one attached hydrogen (secondary N) is 2. The van der Waals surface area contributed by atoms with E-state index in [2.05, 4.69) is 39.5 Å². The fraction of sp³-hybridized carbons (Fsp3) is 0.381. The second kappa shape index (κ2) is 9.11. The quantitative estimate of drug-likeness (QED) is 0.789. The van der Waals surface area contributed by atoms with E-state index >= 15 is 0 Å². The highest BCUT2D eigenvalue weighted by Gasteiger charge is 2.16. The van der Waals surface area contributed by atoms with Gasteiger partial charge in [-0.1, -0.05) is 18.5 Å². The van der Waals surface area contributed by atoms with Crippen molar-refractivity contribution >= 4 is 34.6 Å². The number of anilines is 3. The summed E-state index contributed by atoms with van der Waals surface area (Å²) >= 11 is 5.87. The minimum Gasteiger partial charge on any atom is -0.374 e. The van der Waals surface area contributed by atoms with Gasteiger partial charge in [-0.3, -0.25) is 4.79 Å². The molecule has 1 heterocycles. The maximum atomic E-state index is 12.4. The number of carbonyl (C=O) groups excluding carboxylic acids is 1. The van der Waals surface area contributed by atoms with Gasteiger partial charge >= 0.3 is 0 Å². The van der Waals surface area contributed by atoms with Gasteiger partial charge in [0.15, 0.2) is 0 Å². The van der Waals surface area contributed by atoms with Crippen molar-refractivity contribution in [3.05, 3.63) is 53.6 Å². The van der Waals surface area contributed by atoms with Crippen molar-refractivity contribution in [3.8, 4) is 0 Å². The Morgan fingerprint density at radius 2 is 1.59 bits per heavy atom. The number of halogens is 1. The normalized spacial score (nSPS) is 16.0. The molecule has 0 bridgehead atoms. The molecule has 0 spiro atoms. The fourth-order valence-electron chi connectivity index (χ4n) is 3.19. The van der Waals surface area contributed by atoms with E-state index < -0.39 is 0 Å². The van der Waals surface area contributed by atoms with Gasteiger partial charge in [-0.15, -0.1) is 0 Å². The van der Waals surface area contributed by atoms with E-state index in [1.807, 2.05) is 19.1 Å². The first-order valence-corrected chi connectivity index (χ1v) is 9.83. The smallest absolute Gasteiger partial charge is 0.246 e. The van der Waals surface area contributed by atoms with Gasteiger partial charge in [-0.05, 0) is 62.0 Å². The van der Waals surface area contributed by atoms with Gasteiger partial charge in [-0.25, -0.2) is 0 Å². The van der Waals surface area contributed by atoms with Gasteiger partial charge in [-0.2, -0.15) is 0 Å². The third-order valence-corrected chi connectivity index (χ3v) is 5.19. The topological polar surface area (TPSA) is 47.6 Å². The first kappa shape index (κ1) is 19.5. The second-order valence-corrected chi connectivity index (χ2v) is 7.27. The molecule has 1 fully saturated rings. The Bertz CT molecular complexity index is 740. The first-order chi connectivity index (χ1) is 13.0. The molecule has 1 aliphatic rings. The highest BCUT2D eigenvalue weighted by molar-refractivity contribution is 6.30. The van der Waals surface area contributed by atoms with E-state index in [9.17, 15) is 4.79 Å². The zero-order chi connectivity index (χ0) is 19.2. The predicted molar refractivity (Wildman–Crippen MR) is 114 cm³/mol. The molecule has 0 radical (unpaired) electrons. The van der Waals surface area contributed by atoms with Crippen LogP contribution in [0.5, 0.6) is 0 Å². The molecule has 27 heavy (non-hydrogen) atoms. The average Bonchev–Trinajstić information content (AvgIpc) is 2.70. The van der Waals surface area contributed by atoms with Crippen molar-refractivity contribution in [2.75, 3.05) is 48.3 Å². The molecule has 0 aliphatic carbocycles. The Balaban J connectivity index is 1.52. The van der Waals surface area contributed by atoms with Crippen molar-refractivity contribution in [1.29, 1.82) is 0 Å². The van der Waals surface area contributed by atoms with Gasteiger partial charge in [0.25, 0.3) is 0 Å². The van der Waals surface area contributed by atoms with Crippen LogP contribution >= 0.6 is 11.6 Å². The maximum Gasteiger partial charge on any atom is 0.246 e. The van der Waals surface area contributed by atoms with Crippen LogP contribution in [-0.2, 0) is 4.79 Å². The van der Waals surface area contributed by atoms with Crippen LogP contribution in [-0.4, -0.2) is 49.6 Å². The molecule has 6 heteroatoms. The molecule has 0 aromatic heterocycles. The molecule has 2 aromatic carbocycles. The molecule has 2 N–H and O–H groups in total. The lowest BCUT2D eigenvalue weighted by atomic mass is 10.2. The summed E-state index contributed by atoms with van der Waals surface area (Å²) in [4.78, 5) is 17.2. The molecule has 2 aromatic rings. The third-order valence-electron chi connectivity index (χ3n) is 4.94. The highest BCUT2D eigenvalue weighted by atomic mass is 35.5. The lowest BCUT2D eigenvalue weighted by Crippen LogP contribution is -2.46. The number of hydrogen-bond acceptors (Lipinski definition) is 4. The van der Waals surface area contributed by atoms with Gasteiger partial charge in [0.05, 0.1) is 0 Å². The molecular formula is C21H27ClN4O. The Labute approximate surface area is 166 Å². The third kappa shape index (κ3) is 5.37. The zero-order valence-electron chi connectivity index (χ0n) is 15.9. The van der Waals surface area contributed by atoms with E-state index in [1.165, 1.54) is 5.69 Å². The summed E-state index contributed by atoms with van der Waals surface area (Å²) in [5.74, 6) is -0.0860. The molecule has 0 saturated carbocycles. The number of carbonyl (C=O) groups is 1. The molecule has 5 nitrogen and oxygen atoms in total. The van der Waals surface area contributed by atoms with E-state index in [1.54, 1.807) is 24.3 Å². The SMILES string of the molecule is CCN1CCN(c2ccc(N[C@H](C)C(=O)Nc3ccc(Cl)cc3)cc2)CC1. The molecule has 1 atom stereocenters. The molecule has 1 saturated heterocycles. The standard InChI is InChI=1S/C21H27ClN4O/c1-3-25-12-14-26(15-13-25)20-10-8-18(9-11-20)23-16(2)21(27)24-19-6-4-17(22)5-7-19/h4-11,16,23H,3,12-15H2,1-2H3,(H,24,27)/t16-/m1/s1. The van der Waals surface area contributed by atoms with E-state index in [0.29, 0.717) is 5.02 Å². The average molecular weight is 387 g/mol. The predicted octanol–water partition coefficient (Wildman–Crippen LogP) is 3.92. The van der Waals surface area contributed by atoms with Crippen molar-refractivity contribution in [2.45, 2.75) is 19.9 Å². The van der Waals surface area contributed by atoms with Crippen LogP contribution in [0.15, 0.2) is 48.5 Å². The van der Waals surface area contributed by atoms with Crippen molar-refractivity contribution in [3.63, 3.8) is 0 Å². The maximum absolute atomic E-state index is 12.4. The van der Waals surface area contributed by atoms with Gasteiger partial charge < -0.3 is 20.4 Å². The van der Waals surface area contributed by atoms with Crippen LogP contribution in [0, 0.1) is 0 Å². The lowest BCUT2D eigenvalue weighted by molar-refractivity contribution is -0.116. The summed E-state index contributed by atoms with van der Waals surface area (Å²) in [6, 6.07) is 15.1. The molecular weight excluding hydrogens is 360 g/mol. The van der Waals surface area contributed by atoms with Crippen LogP contribution in [0.3, 0.4) is 0 Å². The summed E-state index contributed by atoms with van der Waals surface area (Å²) in [5, 5.41) is 6.79. The highest BCUT2D eigenvalue weighted by Crippen LogP contribution is 2.20. The number of likely N-dealkylation sites (N-methyl/N-ethyl adjacent to an activating group) is 1. The molecule has 0 unspecified atom stereocenters. The van der Waals surface area contributed by atoms with Gasteiger partial charge in [0, 0.05) is 48.3 Å². The molecule has 144 valence electrons. The van der Waals surface area contributed by atoms with E-state index in [0.717, 1.165) is 44.1 Å². The summed E-state index contributed by atoms with van der Waals surface area (Å²) in [5.41, 5.74) is 2.90. The Morgan fingerprint density at radius 3 is 2.19 bits per heavy atom. The Kier molecular flexibility index (Phi) is 6.58. The number of benzene rings is 2. The summed E-state index contributed by atoms with van der Waals surface area (Å²) in [6.07, 6.45) is 0. The van der Waals surface area contributed by atoms with Crippen LogP contribution in [0.1, 0.15) is 13.8 Å². The molecule has 3 rings (SSSR count). The van der Waals surface area contributed by atoms with E-state index in [-0.39, 0.29) is 11.9 Å². The minimum atomic E-state index is -0.348. The second-order valence-electron chi connectivity index (χ2n) is 6.83. The fourth-order valence-corrected chi connectivity index (χ4v) is 3.32. The summed E-state index contributed by atoms with van der Waals surface area (Å²) in [6.45, 7) is 9.51. The lowest BCUT2D eigenvalue weighted by Gasteiger charge is -2.35. The number of piperazine rings is 1.